The summed E-state index contributed by atoms with van der Waals surface area (Å²) in [5.41, 5.74) is 2.96. The Kier molecular flexibility index (Phi) is 6.34. The van der Waals surface area contributed by atoms with Crippen LogP contribution in [0.5, 0.6) is 5.75 Å². The monoisotopic (exact) mass is 277 g/mol. The van der Waals surface area contributed by atoms with E-state index < -0.39 is 0 Å². The van der Waals surface area contributed by atoms with Crippen LogP contribution in [0, 0.1) is 0 Å². The Morgan fingerprint density at radius 2 is 2.00 bits per heavy atom. The zero-order valence-electron chi connectivity index (χ0n) is 12.8. The summed E-state index contributed by atoms with van der Waals surface area (Å²) in [5.74, 6) is 0.978. The van der Waals surface area contributed by atoms with E-state index in [1.165, 1.54) is 36.8 Å². The van der Waals surface area contributed by atoms with Gasteiger partial charge in [-0.2, -0.15) is 0 Å². The molecule has 3 nitrogen and oxygen atoms in total. The molecule has 0 radical (unpaired) electrons. The molecule has 1 N–H and O–H groups in total. The predicted molar refractivity (Wildman–Crippen MR) is 82.5 cm³/mol. The Morgan fingerprint density at radius 1 is 1.20 bits per heavy atom. The molecule has 1 aliphatic carbocycles. The van der Waals surface area contributed by atoms with Crippen LogP contribution in [0.15, 0.2) is 18.2 Å². The molecular weight excluding hydrogens is 250 g/mol. The van der Waals surface area contributed by atoms with E-state index in [1.807, 2.05) is 0 Å². The van der Waals surface area contributed by atoms with Crippen LogP contribution in [0.25, 0.3) is 0 Å². The Hall–Kier alpha value is -1.06. The molecule has 0 aliphatic heterocycles. The van der Waals surface area contributed by atoms with Gasteiger partial charge in [0, 0.05) is 13.7 Å². The molecular formula is C17H27NO2. The minimum Gasteiger partial charge on any atom is -0.487 e. The first-order chi connectivity index (χ1) is 9.83. The number of rotatable bonds is 8. The molecule has 20 heavy (non-hydrogen) atoms. The van der Waals surface area contributed by atoms with E-state index in [2.05, 4.69) is 30.4 Å². The van der Waals surface area contributed by atoms with Crippen molar-refractivity contribution in [3.8, 4) is 5.75 Å². The van der Waals surface area contributed by atoms with Gasteiger partial charge < -0.3 is 14.8 Å². The third-order valence-electron chi connectivity index (χ3n) is 3.77. The van der Waals surface area contributed by atoms with Gasteiger partial charge in [-0.05, 0) is 61.9 Å². The van der Waals surface area contributed by atoms with Crippen LogP contribution in [0.3, 0.4) is 0 Å². The van der Waals surface area contributed by atoms with Gasteiger partial charge >= 0.3 is 0 Å². The SMILES string of the molecule is CCCNCC(COC)Oc1ccc2c(c1)CCCC2. The van der Waals surface area contributed by atoms with Crippen molar-refractivity contribution in [2.45, 2.75) is 45.1 Å². The number of nitrogens with one attached hydrogen (secondary N) is 1. The maximum absolute atomic E-state index is 6.08. The number of benzene rings is 1. The van der Waals surface area contributed by atoms with E-state index in [9.17, 15) is 0 Å². The molecule has 1 aromatic carbocycles. The van der Waals surface area contributed by atoms with Crippen LogP contribution in [0.2, 0.25) is 0 Å². The fourth-order valence-corrected chi connectivity index (χ4v) is 2.74. The lowest BCUT2D eigenvalue weighted by Crippen LogP contribution is -2.35. The lowest BCUT2D eigenvalue weighted by atomic mass is 9.92. The number of aryl methyl sites for hydroxylation is 2. The van der Waals surface area contributed by atoms with Gasteiger partial charge in [-0.25, -0.2) is 0 Å². The third kappa shape index (κ3) is 4.50. The molecule has 0 fully saturated rings. The highest BCUT2D eigenvalue weighted by Crippen LogP contribution is 2.25. The van der Waals surface area contributed by atoms with E-state index in [-0.39, 0.29) is 6.10 Å². The van der Waals surface area contributed by atoms with Gasteiger partial charge in [-0.15, -0.1) is 0 Å². The summed E-state index contributed by atoms with van der Waals surface area (Å²) >= 11 is 0. The van der Waals surface area contributed by atoms with E-state index in [0.29, 0.717) is 6.61 Å². The first-order valence-corrected chi connectivity index (χ1v) is 7.81. The molecule has 0 heterocycles. The van der Waals surface area contributed by atoms with Crippen LogP contribution >= 0.6 is 0 Å². The summed E-state index contributed by atoms with van der Waals surface area (Å²) in [6.07, 6.45) is 6.24. The average Bonchev–Trinajstić information content (AvgIpc) is 2.47. The van der Waals surface area contributed by atoms with Crippen molar-refractivity contribution in [2.24, 2.45) is 0 Å². The van der Waals surface area contributed by atoms with Crippen molar-refractivity contribution in [1.29, 1.82) is 0 Å². The van der Waals surface area contributed by atoms with Crippen LogP contribution in [-0.2, 0) is 17.6 Å². The first kappa shape index (κ1) is 15.3. The summed E-state index contributed by atoms with van der Waals surface area (Å²) < 4.78 is 11.3. The standard InChI is InChI=1S/C17H27NO2/c1-3-10-18-12-17(13-19-2)20-16-9-8-14-6-4-5-7-15(14)11-16/h8-9,11,17-18H,3-7,10,12-13H2,1-2H3. The molecule has 1 aromatic rings. The van der Waals surface area contributed by atoms with Crippen LogP contribution in [0.1, 0.15) is 37.3 Å². The number of hydrogen-bond acceptors (Lipinski definition) is 3. The normalized spacial score (nSPS) is 15.7. The largest absolute Gasteiger partial charge is 0.487 e. The molecule has 0 saturated carbocycles. The lowest BCUT2D eigenvalue weighted by Gasteiger charge is -2.21. The van der Waals surface area contributed by atoms with Crippen molar-refractivity contribution >= 4 is 0 Å². The minimum absolute atomic E-state index is 0.0770. The van der Waals surface area contributed by atoms with Crippen LogP contribution in [0.4, 0.5) is 0 Å². The molecule has 2 rings (SSSR count). The lowest BCUT2D eigenvalue weighted by molar-refractivity contribution is 0.0806. The van der Waals surface area contributed by atoms with E-state index in [1.54, 1.807) is 7.11 Å². The zero-order valence-corrected chi connectivity index (χ0v) is 12.8. The molecule has 0 saturated heterocycles. The molecule has 1 unspecified atom stereocenters. The molecule has 112 valence electrons. The van der Waals surface area contributed by atoms with Crippen molar-refractivity contribution in [3.63, 3.8) is 0 Å². The second-order valence-corrected chi connectivity index (χ2v) is 5.54. The highest BCUT2D eigenvalue weighted by molar-refractivity contribution is 5.37. The number of ether oxygens (including phenoxy) is 2. The molecule has 0 amide bonds. The first-order valence-electron chi connectivity index (χ1n) is 7.81. The molecule has 0 bridgehead atoms. The predicted octanol–water partition coefficient (Wildman–Crippen LogP) is 2.96. The molecule has 1 aliphatic rings. The average molecular weight is 277 g/mol. The smallest absolute Gasteiger partial charge is 0.134 e. The summed E-state index contributed by atoms with van der Waals surface area (Å²) in [6.45, 7) is 4.64. The van der Waals surface area contributed by atoms with Crippen LogP contribution < -0.4 is 10.1 Å². The summed E-state index contributed by atoms with van der Waals surface area (Å²) in [7, 11) is 1.73. The van der Waals surface area contributed by atoms with E-state index >= 15 is 0 Å². The minimum atomic E-state index is 0.0770. The van der Waals surface area contributed by atoms with Crippen molar-refractivity contribution in [3.05, 3.63) is 29.3 Å². The van der Waals surface area contributed by atoms with Crippen molar-refractivity contribution in [2.75, 3.05) is 26.8 Å². The Balaban J connectivity index is 1.94. The van der Waals surface area contributed by atoms with Gasteiger partial charge in [0.05, 0.1) is 6.61 Å². The highest BCUT2D eigenvalue weighted by Gasteiger charge is 2.13. The maximum Gasteiger partial charge on any atom is 0.134 e. The maximum atomic E-state index is 6.08. The van der Waals surface area contributed by atoms with Gasteiger partial charge in [0.2, 0.25) is 0 Å². The van der Waals surface area contributed by atoms with Crippen LogP contribution in [-0.4, -0.2) is 32.9 Å². The Morgan fingerprint density at radius 3 is 2.75 bits per heavy atom. The summed E-state index contributed by atoms with van der Waals surface area (Å²) in [4.78, 5) is 0. The number of methoxy groups -OCH3 is 1. The molecule has 0 spiro atoms. The fourth-order valence-electron chi connectivity index (χ4n) is 2.74. The Labute approximate surface area is 122 Å². The van der Waals surface area contributed by atoms with Crippen molar-refractivity contribution < 1.29 is 9.47 Å². The number of hydrogen-bond donors (Lipinski definition) is 1. The van der Waals surface area contributed by atoms with Gasteiger partial charge in [0.25, 0.3) is 0 Å². The summed E-state index contributed by atoms with van der Waals surface area (Å²) in [6, 6.07) is 6.55. The second kappa shape index (κ2) is 8.28. The van der Waals surface area contributed by atoms with Gasteiger partial charge in [0.1, 0.15) is 11.9 Å². The number of fused-ring (bicyclic) bond motifs is 1. The highest BCUT2D eigenvalue weighted by atomic mass is 16.5. The van der Waals surface area contributed by atoms with Crippen molar-refractivity contribution in [1.82, 2.24) is 5.32 Å². The van der Waals surface area contributed by atoms with E-state index in [4.69, 9.17) is 9.47 Å². The summed E-state index contributed by atoms with van der Waals surface area (Å²) in [5, 5.41) is 3.40. The quantitative estimate of drug-likeness (QED) is 0.741. The molecule has 0 aromatic heterocycles. The van der Waals surface area contributed by atoms with Gasteiger partial charge in [0.15, 0.2) is 0 Å². The van der Waals surface area contributed by atoms with Gasteiger partial charge in [-0.1, -0.05) is 13.0 Å². The molecule has 3 heteroatoms. The topological polar surface area (TPSA) is 30.5 Å². The fraction of sp³-hybridized carbons (Fsp3) is 0.647. The second-order valence-electron chi connectivity index (χ2n) is 5.54. The van der Waals surface area contributed by atoms with E-state index in [0.717, 1.165) is 25.3 Å². The Bertz CT molecular complexity index is 406. The van der Waals surface area contributed by atoms with Gasteiger partial charge in [-0.3, -0.25) is 0 Å². The zero-order chi connectivity index (χ0) is 14.2. The molecule has 1 atom stereocenters. The third-order valence-corrected chi connectivity index (χ3v) is 3.77.